The Kier molecular flexibility index (Phi) is 8.35. The number of ether oxygens (including phenoxy) is 4. The van der Waals surface area contributed by atoms with E-state index in [-0.39, 0.29) is 32.8 Å². The molecule has 3 aromatic carbocycles. The Bertz CT molecular complexity index is 1400. The van der Waals surface area contributed by atoms with E-state index >= 15 is 0 Å². The Hall–Kier alpha value is -4.63. The smallest absolute Gasteiger partial charge is 0.416 e. The molecule has 0 aliphatic carbocycles. The van der Waals surface area contributed by atoms with Crippen LogP contribution < -0.4 is 4.90 Å². The van der Waals surface area contributed by atoms with Gasteiger partial charge in [-0.3, -0.25) is 9.80 Å². The second-order valence-corrected chi connectivity index (χ2v) is 9.96. The third kappa shape index (κ3) is 5.40. The normalized spacial score (nSPS) is 20.6. The lowest BCUT2D eigenvalue weighted by Gasteiger charge is -2.40. The average molecular weight is 557 g/mol. The van der Waals surface area contributed by atoms with Gasteiger partial charge in [-0.05, 0) is 29.2 Å². The number of para-hydroxylation sites is 1. The molecule has 2 aliphatic rings. The largest absolute Gasteiger partial charge is 0.460 e. The van der Waals surface area contributed by atoms with Crippen molar-refractivity contribution in [2.45, 2.75) is 37.3 Å². The van der Waals surface area contributed by atoms with Gasteiger partial charge in [-0.1, -0.05) is 91.5 Å². The number of esters is 1. The molecule has 9 heteroatoms. The molecule has 0 N–H and O–H groups in total. The number of hydrogen-bond acceptors (Lipinski definition) is 7. The Labute approximate surface area is 238 Å². The molecule has 5 rings (SSSR count). The molecule has 1 fully saturated rings. The monoisotopic (exact) mass is 556 g/mol. The van der Waals surface area contributed by atoms with Crippen molar-refractivity contribution in [3.8, 4) is 0 Å². The van der Waals surface area contributed by atoms with Gasteiger partial charge in [0.2, 0.25) is 0 Å². The SMILES string of the molecule is C=CCOC(=O)[C@@]1(COC)C[C@H]2c3ccccc3N(C(=O)OCc3ccccc3)[C@H]2N1C(=O)OCc1ccccc1. The second kappa shape index (κ2) is 12.3. The summed E-state index contributed by atoms with van der Waals surface area (Å²) in [5.41, 5.74) is 1.44. The minimum atomic E-state index is -1.56. The van der Waals surface area contributed by atoms with E-state index in [1.54, 1.807) is 6.07 Å². The van der Waals surface area contributed by atoms with Crippen LogP contribution in [0.4, 0.5) is 15.3 Å². The Morgan fingerprint density at radius 1 is 0.854 bits per heavy atom. The van der Waals surface area contributed by atoms with Gasteiger partial charge in [0, 0.05) is 13.0 Å². The molecule has 2 aliphatic heterocycles. The first kappa shape index (κ1) is 27.9. The first-order valence-electron chi connectivity index (χ1n) is 13.4. The van der Waals surface area contributed by atoms with E-state index in [4.69, 9.17) is 18.9 Å². The van der Waals surface area contributed by atoms with Crippen LogP contribution in [0.5, 0.6) is 0 Å². The van der Waals surface area contributed by atoms with E-state index in [1.165, 1.54) is 23.0 Å². The van der Waals surface area contributed by atoms with Gasteiger partial charge in [0.1, 0.15) is 26.0 Å². The number of rotatable bonds is 9. The molecule has 2 amide bonds. The summed E-state index contributed by atoms with van der Waals surface area (Å²) >= 11 is 0. The molecule has 0 radical (unpaired) electrons. The van der Waals surface area contributed by atoms with Gasteiger partial charge in [-0.15, -0.1) is 0 Å². The van der Waals surface area contributed by atoms with Gasteiger partial charge in [-0.25, -0.2) is 14.4 Å². The predicted octanol–water partition coefficient (Wildman–Crippen LogP) is 5.41. The van der Waals surface area contributed by atoms with Gasteiger partial charge in [0.25, 0.3) is 0 Å². The van der Waals surface area contributed by atoms with E-state index in [2.05, 4.69) is 6.58 Å². The molecule has 0 aromatic heterocycles. The van der Waals surface area contributed by atoms with Gasteiger partial charge < -0.3 is 18.9 Å². The number of fused-ring (bicyclic) bond motifs is 3. The van der Waals surface area contributed by atoms with Crippen molar-refractivity contribution in [1.82, 2.24) is 4.90 Å². The third-order valence-electron chi connectivity index (χ3n) is 7.40. The van der Waals surface area contributed by atoms with Crippen LogP contribution in [0.25, 0.3) is 0 Å². The summed E-state index contributed by atoms with van der Waals surface area (Å²) in [5.74, 6) is -1.09. The zero-order chi connectivity index (χ0) is 28.8. The molecule has 3 aromatic rings. The minimum Gasteiger partial charge on any atom is -0.460 e. The van der Waals surface area contributed by atoms with Crippen LogP contribution in [0.1, 0.15) is 29.0 Å². The Morgan fingerprint density at radius 2 is 1.44 bits per heavy atom. The van der Waals surface area contributed by atoms with E-state index in [0.29, 0.717) is 5.69 Å². The number of likely N-dealkylation sites (tertiary alicyclic amines) is 1. The maximum absolute atomic E-state index is 14.0. The number of amides is 2. The zero-order valence-corrected chi connectivity index (χ0v) is 22.8. The maximum atomic E-state index is 14.0. The molecule has 0 bridgehead atoms. The standard InChI is InChI=1S/C32H32N2O7/c1-3-18-39-29(35)32(22-38-2)19-26-25-16-10-11-17-27(25)33(30(36)40-20-23-12-6-4-7-13-23)28(26)34(32)31(37)41-21-24-14-8-5-9-15-24/h3-17,26,28H,1,18-22H2,2H3/t26-,28-,32-/m0/s1. The van der Waals surface area contributed by atoms with Crippen LogP contribution in [0.3, 0.4) is 0 Å². The van der Waals surface area contributed by atoms with Crippen molar-refractivity contribution in [3.05, 3.63) is 114 Å². The molecule has 9 nitrogen and oxygen atoms in total. The quantitative estimate of drug-likeness (QED) is 0.198. The molecule has 0 unspecified atom stereocenters. The summed E-state index contributed by atoms with van der Waals surface area (Å²) in [5, 5.41) is 0. The van der Waals surface area contributed by atoms with Gasteiger partial charge in [0.15, 0.2) is 5.54 Å². The van der Waals surface area contributed by atoms with Gasteiger partial charge >= 0.3 is 18.2 Å². The third-order valence-corrected chi connectivity index (χ3v) is 7.40. The maximum Gasteiger partial charge on any atom is 0.416 e. The lowest BCUT2D eigenvalue weighted by molar-refractivity contribution is -0.158. The predicted molar refractivity (Wildman–Crippen MR) is 151 cm³/mol. The van der Waals surface area contributed by atoms with Crippen LogP contribution in [-0.4, -0.2) is 55.1 Å². The second-order valence-electron chi connectivity index (χ2n) is 9.96. The molecule has 41 heavy (non-hydrogen) atoms. The van der Waals surface area contributed by atoms with E-state index < -0.39 is 35.8 Å². The van der Waals surface area contributed by atoms with E-state index in [1.807, 2.05) is 78.9 Å². The molecule has 1 saturated heterocycles. The van der Waals surface area contributed by atoms with Crippen molar-refractivity contribution < 1.29 is 33.3 Å². The van der Waals surface area contributed by atoms with Crippen molar-refractivity contribution in [1.29, 1.82) is 0 Å². The van der Waals surface area contributed by atoms with Crippen molar-refractivity contribution in [2.24, 2.45) is 0 Å². The molecule has 0 saturated carbocycles. The molecular formula is C32H32N2O7. The van der Waals surface area contributed by atoms with Crippen molar-refractivity contribution in [2.75, 3.05) is 25.2 Å². The van der Waals surface area contributed by atoms with Crippen LogP contribution in [-0.2, 0) is 37.0 Å². The summed E-state index contributed by atoms with van der Waals surface area (Å²) in [7, 11) is 1.45. The summed E-state index contributed by atoms with van der Waals surface area (Å²) < 4.78 is 22.5. The van der Waals surface area contributed by atoms with Gasteiger partial charge in [0.05, 0.1) is 12.3 Å². The highest BCUT2D eigenvalue weighted by Gasteiger charge is 2.65. The molecule has 0 spiro atoms. The first-order valence-corrected chi connectivity index (χ1v) is 13.4. The van der Waals surface area contributed by atoms with Crippen LogP contribution in [0.2, 0.25) is 0 Å². The highest BCUT2D eigenvalue weighted by Crippen LogP contribution is 2.54. The van der Waals surface area contributed by atoms with Gasteiger partial charge in [-0.2, -0.15) is 0 Å². The van der Waals surface area contributed by atoms with E-state index in [0.717, 1.165) is 16.7 Å². The number of nitrogens with zero attached hydrogens (tertiary/aromatic N) is 2. The van der Waals surface area contributed by atoms with Crippen molar-refractivity contribution in [3.63, 3.8) is 0 Å². The number of carbonyl (C=O) groups is 3. The molecule has 212 valence electrons. The lowest BCUT2D eigenvalue weighted by atomic mass is 9.89. The van der Waals surface area contributed by atoms with E-state index in [9.17, 15) is 14.4 Å². The summed E-state index contributed by atoms with van der Waals surface area (Å²) in [6, 6.07) is 25.9. The highest BCUT2D eigenvalue weighted by atomic mass is 16.6. The highest BCUT2D eigenvalue weighted by molar-refractivity contribution is 5.95. The number of hydrogen-bond donors (Lipinski definition) is 0. The summed E-state index contributed by atoms with van der Waals surface area (Å²) in [6.45, 7) is 3.44. The fourth-order valence-electron chi connectivity index (χ4n) is 5.67. The number of benzene rings is 3. The molecular weight excluding hydrogens is 524 g/mol. The number of anilines is 1. The molecule has 3 atom stereocenters. The Morgan fingerprint density at radius 3 is 2.05 bits per heavy atom. The average Bonchev–Trinajstić information content (AvgIpc) is 3.50. The molecule has 2 heterocycles. The topological polar surface area (TPSA) is 94.6 Å². The van der Waals surface area contributed by atoms with Crippen molar-refractivity contribution >= 4 is 23.8 Å². The minimum absolute atomic E-state index is 0.0241. The lowest BCUT2D eigenvalue weighted by Crippen LogP contribution is -2.62. The fraction of sp³-hybridized carbons (Fsp3) is 0.281. The van der Waals surface area contributed by atoms with Crippen LogP contribution in [0.15, 0.2) is 97.6 Å². The first-order chi connectivity index (χ1) is 20.0. The number of carbonyl (C=O) groups excluding carboxylic acids is 3. The fourth-order valence-corrected chi connectivity index (χ4v) is 5.67. The summed E-state index contributed by atoms with van der Waals surface area (Å²) in [4.78, 5) is 44.2. The Balaban J connectivity index is 1.53. The van der Waals surface area contributed by atoms with Crippen LogP contribution in [0, 0.1) is 0 Å². The summed E-state index contributed by atoms with van der Waals surface area (Å²) in [6.07, 6.45) is -0.730. The zero-order valence-electron chi connectivity index (χ0n) is 22.8. The van der Waals surface area contributed by atoms with Crippen LogP contribution >= 0.6 is 0 Å². The number of methoxy groups -OCH3 is 1.